The number of ketones is 1. The van der Waals surface area contributed by atoms with E-state index in [-0.39, 0.29) is 34.3 Å². The highest BCUT2D eigenvalue weighted by Crippen LogP contribution is 2.31. The fourth-order valence-corrected chi connectivity index (χ4v) is 3.03. The van der Waals surface area contributed by atoms with Gasteiger partial charge in [-0.3, -0.25) is 14.6 Å². The van der Waals surface area contributed by atoms with Crippen molar-refractivity contribution < 1.29 is 28.3 Å². The molecule has 0 bridgehead atoms. The molecule has 1 aromatic heterocycles. The number of halogens is 2. The van der Waals surface area contributed by atoms with Crippen LogP contribution in [-0.4, -0.2) is 38.1 Å². The van der Waals surface area contributed by atoms with Crippen molar-refractivity contribution in [3.8, 4) is 17.0 Å². The maximum atomic E-state index is 13.8. The summed E-state index contributed by atoms with van der Waals surface area (Å²) >= 11 is 0. The van der Waals surface area contributed by atoms with Crippen LogP contribution in [-0.2, 0) is 9.63 Å². The fourth-order valence-electron chi connectivity index (χ4n) is 3.03. The zero-order valence-corrected chi connectivity index (χ0v) is 16.9. The van der Waals surface area contributed by atoms with Crippen LogP contribution in [0.4, 0.5) is 14.6 Å². The van der Waals surface area contributed by atoms with Gasteiger partial charge in [-0.05, 0) is 44.2 Å². The number of nitrogens with one attached hydrogen (secondary N) is 1. The van der Waals surface area contributed by atoms with E-state index in [0.29, 0.717) is 5.56 Å². The molecule has 0 aliphatic carbocycles. The molecule has 162 valence electrons. The molecule has 0 saturated heterocycles. The van der Waals surface area contributed by atoms with Gasteiger partial charge in [0.1, 0.15) is 22.9 Å². The molecule has 32 heavy (non-hydrogen) atoms. The zero-order valence-electron chi connectivity index (χ0n) is 16.9. The summed E-state index contributed by atoms with van der Waals surface area (Å²) in [7, 11) is 0. The summed E-state index contributed by atoms with van der Waals surface area (Å²) in [5.74, 6) is -3.52. The molecule has 10 heteroatoms. The maximum Gasteiger partial charge on any atom is 0.262 e. The van der Waals surface area contributed by atoms with Gasteiger partial charge in [-0.25, -0.2) is 13.8 Å². The van der Waals surface area contributed by atoms with Crippen molar-refractivity contribution in [2.75, 3.05) is 5.32 Å². The van der Waals surface area contributed by atoms with E-state index in [1.54, 1.807) is 13.8 Å². The number of oxime groups is 1. The Kier molecular flexibility index (Phi) is 5.13. The molecule has 2 heterocycles. The van der Waals surface area contributed by atoms with E-state index in [0.717, 1.165) is 18.2 Å². The van der Waals surface area contributed by atoms with E-state index in [4.69, 9.17) is 4.84 Å². The molecule has 0 unspecified atom stereocenters. The van der Waals surface area contributed by atoms with Gasteiger partial charge in [0.25, 0.3) is 5.91 Å². The van der Waals surface area contributed by atoms with Gasteiger partial charge in [0.15, 0.2) is 17.1 Å². The summed E-state index contributed by atoms with van der Waals surface area (Å²) in [5.41, 5.74) is -0.803. The summed E-state index contributed by atoms with van der Waals surface area (Å²) in [5, 5.41) is 16.4. The SMILES string of the molecule is CC1(C)ON=C(c2ccc(O)c(-c3cnc(NC(=O)c4c(F)cccc4F)cn3)c2)C1=O. The van der Waals surface area contributed by atoms with Gasteiger partial charge in [-0.15, -0.1) is 0 Å². The highest BCUT2D eigenvalue weighted by atomic mass is 19.1. The minimum Gasteiger partial charge on any atom is -0.507 e. The highest BCUT2D eigenvalue weighted by Gasteiger charge is 2.40. The molecule has 0 fully saturated rings. The maximum absolute atomic E-state index is 13.8. The van der Waals surface area contributed by atoms with E-state index < -0.39 is 28.7 Å². The molecule has 4 rings (SSSR count). The second-order valence-corrected chi connectivity index (χ2v) is 7.44. The average molecular weight is 438 g/mol. The quantitative estimate of drug-likeness (QED) is 0.645. The summed E-state index contributed by atoms with van der Waals surface area (Å²) in [6.07, 6.45) is 2.42. The summed E-state index contributed by atoms with van der Waals surface area (Å²) in [4.78, 5) is 37.9. The minimum absolute atomic E-state index is 0.0532. The third kappa shape index (κ3) is 3.78. The number of rotatable bonds is 4. The largest absolute Gasteiger partial charge is 0.507 e. The molecular formula is C22H16F2N4O4. The number of hydrogen-bond donors (Lipinski definition) is 2. The first-order valence-corrected chi connectivity index (χ1v) is 9.39. The van der Waals surface area contributed by atoms with Crippen LogP contribution in [0, 0.1) is 11.6 Å². The molecule has 0 radical (unpaired) electrons. The zero-order chi connectivity index (χ0) is 23.0. The lowest BCUT2D eigenvalue weighted by Crippen LogP contribution is -2.33. The number of amides is 1. The van der Waals surface area contributed by atoms with Gasteiger partial charge in [-0.2, -0.15) is 0 Å². The van der Waals surface area contributed by atoms with Gasteiger partial charge < -0.3 is 15.3 Å². The Morgan fingerprint density at radius 3 is 2.41 bits per heavy atom. The van der Waals surface area contributed by atoms with E-state index >= 15 is 0 Å². The molecule has 1 aliphatic heterocycles. The average Bonchev–Trinajstić information content (AvgIpc) is 3.02. The predicted octanol–water partition coefficient (Wildman–Crippen LogP) is 3.46. The molecule has 0 atom stereocenters. The number of Topliss-reactive ketones (excluding diaryl/α,β-unsaturated/α-hetero) is 1. The van der Waals surface area contributed by atoms with Crippen molar-refractivity contribution in [3.05, 3.63) is 71.6 Å². The number of anilines is 1. The molecular weight excluding hydrogens is 422 g/mol. The van der Waals surface area contributed by atoms with Crippen LogP contribution in [0.5, 0.6) is 5.75 Å². The summed E-state index contributed by atoms with van der Waals surface area (Å²) in [6, 6.07) is 7.49. The van der Waals surface area contributed by atoms with Gasteiger partial charge >= 0.3 is 0 Å². The second kappa shape index (κ2) is 7.80. The first-order chi connectivity index (χ1) is 15.2. The van der Waals surface area contributed by atoms with Crippen molar-refractivity contribution in [3.63, 3.8) is 0 Å². The standard InChI is InChI=1S/C22H16F2N4O4/c1-22(2)20(30)19(28-32-22)11-6-7-16(29)12(8-11)15-9-26-17(10-25-15)27-21(31)18-13(23)4-3-5-14(18)24/h3-10,29H,1-2H3,(H,26,27,31). The van der Waals surface area contributed by atoms with Gasteiger partial charge in [0, 0.05) is 11.1 Å². The van der Waals surface area contributed by atoms with Crippen molar-refractivity contribution in [1.82, 2.24) is 9.97 Å². The molecule has 3 aromatic rings. The second-order valence-electron chi connectivity index (χ2n) is 7.44. The number of aromatic hydroxyl groups is 1. The Morgan fingerprint density at radius 1 is 1.09 bits per heavy atom. The Morgan fingerprint density at radius 2 is 1.81 bits per heavy atom. The van der Waals surface area contributed by atoms with Crippen molar-refractivity contribution >= 4 is 23.2 Å². The lowest BCUT2D eigenvalue weighted by Gasteiger charge is -2.12. The molecule has 2 N–H and O–H groups in total. The highest BCUT2D eigenvalue weighted by molar-refractivity contribution is 6.49. The van der Waals surface area contributed by atoms with E-state index in [1.165, 1.54) is 30.6 Å². The topological polar surface area (TPSA) is 114 Å². The van der Waals surface area contributed by atoms with E-state index in [2.05, 4.69) is 20.4 Å². The van der Waals surface area contributed by atoms with Crippen LogP contribution in [0.1, 0.15) is 29.8 Å². The fraction of sp³-hybridized carbons (Fsp3) is 0.136. The Balaban J connectivity index is 1.58. The predicted molar refractivity (Wildman–Crippen MR) is 110 cm³/mol. The van der Waals surface area contributed by atoms with Crippen molar-refractivity contribution in [1.29, 1.82) is 0 Å². The number of hydrogen-bond acceptors (Lipinski definition) is 7. The van der Waals surface area contributed by atoms with Crippen LogP contribution in [0.15, 0.2) is 53.9 Å². The molecule has 0 saturated carbocycles. The lowest BCUT2D eigenvalue weighted by molar-refractivity contribution is -0.128. The molecule has 1 amide bonds. The Labute approximate surface area is 180 Å². The number of phenols is 1. The summed E-state index contributed by atoms with van der Waals surface area (Å²) in [6.45, 7) is 3.19. The first kappa shape index (κ1) is 21.0. The van der Waals surface area contributed by atoms with Crippen LogP contribution in [0.25, 0.3) is 11.3 Å². The molecule has 1 aliphatic rings. The van der Waals surface area contributed by atoms with Crippen LogP contribution in [0.3, 0.4) is 0 Å². The molecule has 8 nitrogen and oxygen atoms in total. The number of carbonyl (C=O) groups excluding carboxylic acids is 2. The number of phenolic OH excluding ortho intramolecular Hbond substituents is 1. The number of aromatic nitrogens is 2. The Hall–Kier alpha value is -4.21. The third-order valence-corrected chi connectivity index (χ3v) is 4.76. The minimum atomic E-state index is -1.08. The smallest absolute Gasteiger partial charge is 0.262 e. The number of carbonyl (C=O) groups is 2. The van der Waals surface area contributed by atoms with Crippen molar-refractivity contribution in [2.45, 2.75) is 19.4 Å². The third-order valence-electron chi connectivity index (χ3n) is 4.76. The van der Waals surface area contributed by atoms with Gasteiger partial charge in [0.05, 0.1) is 18.1 Å². The number of benzene rings is 2. The molecule has 0 spiro atoms. The monoisotopic (exact) mass is 438 g/mol. The molecule has 2 aromatic carbocycles. The first-order valence-electron chi connectivity index (χ1n) is 9.39. The normalized spacial score (nSPS) is 14.6. The van der Waals surface area contributed by atoms with Crippen molar-refractivity contribution in [2.24, 2.45) is 5.16 Å². The van der Waals surface area contributed by atoms with Gasteiger partial charge in [-0.1, -0.05) is 11.2 Å². The number of nitrogens with zero attached hydrogens (tertiary/aromatic N) is 3. The lowest BCUT2D eigenvalue weighted by atomic mass is 9.94. The van der Waals surface area contributed by atoms with Gasteiger partial charge in [0.2, 0.25) is 5.78 Å². The van der Waals surface area contributed by atoms with Crippen LogP contribution >= 0.6 is 0 Å². The van der Waals surface area contributed by atoms with Crippen LogP contribution in [0.2, 0.25) is 0 Å². The van der Waals surface area contributed by atoms with Crippen LogP contribution < -0.4 is 5.32 Å². The Bertz CT molecular complexity index is 1250. The van der Waals surface area contributed by atoms with E-state index in [9.17, 15) is 23.5 Å². The summed E-state index contributed by atoms with van der Waals surface area (Å²) < 4.78 is 27.5. The van der Waals surface area contributed by atoms with E-state index in [1.807, 2.05) is 0 Å².